The molecule has 1 aliphatic heterocycles. The number of hydrogen-bond acceptors (Lipinski definition) is 6. The summed E-state index contributed by atoms with van der Waals surface area (Å²) < 4.78 is 21.8. The van der Waals surface area contributed by atoms with E-state index in [1.54, 1.807) is 21.3 Å². The Hall–Kier alpha value is -3.67. The van der Waals surface area contributed by atoms with Crippen molar-refractivity contribution in [2.24, 2.45) is 11.8 Å². The molecule has 0 amide bonds. The minimum atomic E-state index is -0.207. The van der Waals surface area contributed by atoms with Gasteiger partial charge in [0, 0.05) is 12.5 Å². The smallest absolute Gasteiger partial charge is 0.309 e. The van der Waals surface area contributed by atoms with Gasteiger partial charge in [-0.05, 0) is 53.8 Å². The third-order valence-corrected chi connectivity index (χ3v) is 6.30. The second kappa shape index (κ2) is 11.0. The molecule has 1 aliphatic rings. The van der Waals surface area contributed by atoms with Crippen molar-refractivity contribution in [1.29, 1.82) is 0 Å². The summed E-state index contributed by atoms with van der Waals surface area (Å²) in [6.45, 7) is 1.13. The van der Waals surface area contributed by atoms with Crippen molar-refractivity contribution < 1.29 is 23.7 Å². The van der Waals surface area contributed by atoms with Gasteiger partial charge in [0.05, 0.1) is 39.5 Å². The number of esters is 1. The Balaban J connectivity index is 1.45. The Morgan fingerprint density at radius 2 is 1.47 bits per heavy atom. The number of cyclic esters (lactones) is 1. The molecule has 0 spiro atoms. The van der Waals surface area contributed by atoms with Crippen molar-refractivity contribution >= 4 is 11.7 Å². The average Bonchev–Trinajstić information content (AvgIpc) is 3.22. The molecule has 0 unspecified atom stereocenters. The zero-order valence-electron chi connectivity index (χ0n) is 19.9. The number of anilines is 1. The lowest BCUT2D eigenvalue weighted by atomic mass is 9.85. The number of rotatable bonds is 10. The predicted octanol–water partition coefficient (Wildman–Crippen LogP) is 4.90. The van der Waals surface area contributed by atoms with Crippen molar-refractivity contribution in [3.8, 4) is 17.2 Å². The van der Waals surface area contributed by atoms with Crippen LogP contribution in [-0.2, 0) is 28.9 Å². The van der Waals surface area contributed by atoms with Gasteiger partial charge in [-0.2, -0.15) is 0 Å². The van der Waals surface area contributed by atoms with E-state index < -0.39 is 0 Å². The highest BCUT2D eigenvalue weighted by Crippen LogP contribution is 2.34. The lowest BCUT2D eigenvalue weighted by Crippen LogP contribution is -2.20. The van der Waals surface area contributed by atoms with Crippen LogP contribution in [0.5, 0.6) is 17.2 Å². The molecule has 1 saturated heterocycles. The van der Waals surface area contributed by atoms with E-state index in [1.807, 2.05) is 48.5 Å². The molecular formula is C28H31NO5. The van der Waals surface area contributed by atoms with Gasteiger partial charge in [-0.25, -0.2) is 0 Å². The summed E-state index contributed by atoms with van der Waals surface area (Å²) in [4.78, 5) is 12.6. The number of ether oxygens (including phenoxy) is 4. The molecule has 1 fully saturated rings. The maximum Gasteiger partial charge on any atom is 0.309 e. The first kappa shape index (κ1) is 23.5. The minimum Gasteiger partial charge on any atom is -0.495 e. The molecule has 0 bridgehead atoms. The molecule has 3 aromatic carbocycles. The molecule has 1 N–H and O–H groups in total. The summed E-state index contributed by atoms with van der Waals surface area (Å²) in [5.41, 5.74) is 4.25. The molecule has 6 nitrogen and oxygen atoms in total. The molecule has 3 aromatic rings. The van der Waals surface area contributed by atoms with Crippen LogP contribution in [0.15, 0.2) is 66.7 Å². The highest BCUT2D eigenvalue weighted by atomic mass is 16.5. The molecule has 4 rings (SSSR count). The van der Waals surface area contributed by atoms with Crippen LogP contribution >= 0.6 is 0 Å². The van der Waals surface area contributed by atoms with E-state index in [4.69, 9.17) is 18.9 Å². The van der Waals surface area contributed by atoms with Gasteiger partial charge in [0.1, 0.15) is 5.75 Å². The average molecular weight is 462 g/mol. The molecule has 178 valence electrons. The van der Waals surface area contributed by atoms with E-state index in [9.17, 15) is 4.79 Å². The molecule has 0 aromatic heterocycles. The van der Waals surface area contributed by atoms with Crippen LogP contribution in [0.2, 0.25) is 0 Å². The third kappa shape index (κ3) is 5.45. The second-order valence-corrected chi connectivity index (χ2v) is 8.47. The molecule has 34 heavy (non-hydrogen) atoms. The molecule has 0 saturated carbocycles. The monoisotopic (exact) mass is 461 g/mol. The van der Waals surface area contributed by atoms with Gasteiger partial charge < -0.3 is 24.3 Å². The van der Waals surface area contributed by atoms with Crippen LogP contribution in [0.3, 0.4) is 0 Å². The van der Waals surface area contributed by atoms with Crippen LogP contribution in [0, 0.1) is 11.8 Å². The van der Waals surface area contributed by atoms with Gasteiger partial charge in [-0.3, -0.25) is 4.79 Å². The van der Waals surface area contributed by atoms with E-state index in [1.165, 1.54) is 5.56 Å². The zero-order chi connectivity index (χ0) is 23.9. The van der Waals surface area contributed by atoms with Gasteiger partial charge in [-0.15, -0.1) is 0 Å². The van der Waals surface area contributed by atoms with Crippen molar-refractivity contribution in [3.63, 3.8) is 0 Å². The molecular weight excluding hydrogens is 430 g/mol. The van der Waals surface area contributed by atoms with Crippen molar-refractivity contribution in [2.75, 3.05) is 33.3 Å². The number of carbonyl (C=O) groups is 1. The van der Waals surface area contributed by atoms with Crippen molar-refractivity contribution in [3.05, 3.63) is 83.4 Å². The number of nitrogens with one attached hydrogen (secondary N) is 1. The summed E-state index contributed by atoms with van der Waals surface area (Å²) in [6.07, 6.45) is 1.33. The van der Waals surface area contributed by atoms with Crippen LogP contribution in [0.25, 0.3) is 0 Å². The second-order valence-electron chi connectivity index (χ2n) is 8.47. The number of methoxy groups -OCH3 is 3. The quantitative estimate of drug-likeness (QED) is 0.433. The zero-order valence-corrected chi connectivity index (χ0v) is 19.9. The topological polar surface area (TPSA) is 66.0 Å². The molecule has 2 atom stereocenters. The Bertz CT molecular complexity index is 1120. The Labute approximate surface area is 200 Å². The fourth-order valence-electron chi connectivity index (χ4n) is 4.42. The maximum absolute atomic E-state index is 12.6. The maximum atomic E-state index is 12.6. The Kier molecular flexibility index (Phi) is 7.58. The first-order valence-corrected chi connectivity index (χ1v) is 11.4. The largest absolute Gasteiger partial charge is 0.495 e. The fourth-order valence-corrected chi connectivity index (χ4v) is 4.42. The lowest BCUT2D eigenvalue weighted by Gasteiger charge is -2.18. The predicted molar refractivity (Wildman–Crippen MR) is 132 cm³/mol. The highest BCUT2D eigenvalue weighted by Gasteiger charge is 2.37. The van der Waals surface area contributed by atoms with Gasteiger partial charge in [-0.1, -0.05) is 42.5 Å². The number of carbonyl (C=O) groups excluding carboxylic acids is 1. The van der Waals surface area contributed by atoms with E-state index in [0.29, 0.717) is 31.1 Å². The molecule has 1 heterocycles. The highest BCUT2D eigenvalue weighted by molar-refractivity contribution is 5.75. The van der Waals surface area contributed by atoms with Crippen LogP contribution in [-0.4, -0.2) is 33.9 Å². The molecule has 0 radical (unpaired) electrons. The summed E-state index contributed by atoms with van der Waals surface area (Å²) in [7, 11) is 4.91. The van der Waals surface area contributed by atoms with Crippen molar-refractivity contribution in [2.45, 2.75) is 19.4 Å². The summed E-state index contributed by atoms with van der Waals surface area (Å²) >= 11 is 0. The summed E-state index contributed by atoms with van der Waals surface area (Å²) in [5, 5.41) is 3.43. The van der Waals surface area contributed by atoms with E-state index in [-0.39, 0.29) is 17.8 Å². The molecule has 0 aliphatic carbocycles. The number of hydrogen-bond donors (Lipinski definition) is 1. The standard InChI is InChI=1S/C28H31NO5/c1-31-25-12-10-20(16-27(25)33-3)13-22-18-34-28(30)23(22)14-21-9-11-24(26(15-21)32-2)29-17-19-7-5-4-6-8-19/h4-12,15-16,22-23,29H,13-14,17-18H2,1-3H3/t22-,23+/m0/s1. The lowest BCUT2D eigenvalue weighted by molar-refractivity contribution is -0.141. The molecule has 6 heteroatoms. The van der Waals surface area contributed by atoms with Crippen LogP contribution in [0.1, 0.15) is 16.7 Å². The van der Waals surface area contributed by atoms with Gasteiger partial charge in [0.2, 0.25) is 0 Å². The van der Waals surface area contributed by atoms with Gasteiger partial charge >= 0.3 is 5.97 Å². The van der Waals surface area contributed by atoms with Crippen LogP contribution in [0.4, 0.5) is 5.69 Å². The van der Waals surface area contributed by atoms with Crippen molar-refractivity contribution in [1.82, 2.24) is 0 Å². The van der Waals surface area contributed by atoms with Gasteiger partial charge in [0.15, 0.2) is 11.5 Å². The first-order valence-electron chi connectivity index (χ1n) is 11.4. The van der Waals surface area contributed by atoms with E-state index in [2.05, 4.69) is 23.5 Å². The van der Waals surface area contributed by atoms with Gasteiger partial charge in [0.25, 0.3) is 0 Å². The van der Waals surface area contributed by atoms with E-state index >= 15 is 0 Å². The van der Waals surface area contributed by atoms with E-state index in [0.717, 1.165) is 29.0 Å². The third-order valence-electron chi connectivity index (χ3n) is 6.30. The Morgan fingerprint density at radius 3 is 2.21 bits per heavy atom. The fraction of sp³-hybridized carbons (Fsp3) is 0.321. The number of benzene rings is 3. The SMILES string of the molecule is COc1cc(C[C@H]2C(=O)OC[C@@H]2Cc2ccc(OC)c(OC)c2)ccc1NCc1ccccc1. The minimum absolute atomic E-state index is 0.0903. The summed E-state index contributed by atoms with van der Waals surface area (Å²) in [6, 6.07) is 22.2. The Morgan fingerprint density at radius 1 is 0.794 bits per heavy atom. The summed E-state index contributed by atoms with van der Waals surface area (Å²) in [5.74, 6) is 1.88. The van der Waals surface area contributed by atoms with Crippen LogP contribution < -0.4 is 19.5 Å². The first-order chi connectivity index (χ1) is 16.6. The normalized spacial score (nSPS) is 17.2.